The molecule has 0 saturated heterocycles. The fourth-order valence-corrected chi connectivity index (χ4v) is 4.12. The van der Waals surface area contributed by atoms with Gasteiger partial charge >= 0.3 is 0 Å². The molecule has 3 aromatic carbocycles. The Balaban J connectivity index is 1.45. The molecule has 0 bridgehead atoms. The molecule has 0 spiro atoms. The van der Waals surface area contributed by atoms with Crippen molar-refractivity contribution in [2.24, 2.45) is 5.10 Å². The summed E-state index contributed by atoms with van der Waals surface area (Å²) in [5, 5.41) is 16.3. The van der Waals surface area contributed by atoms with Gasteiger partial charge < -0.3 is 4.57 Å². The van der Waals surface area contributed by atoms with Crippen LogP contribution in [0.2, 0.25) is 5.02 Å². The van der Waals surface area contributed by atoms with Gasteiger partial charge in [0.15, 0.2) is 5.16 Å². The van der Waals surface area contributed by atoms with Gasteiger partial charge in [0.05, 0.1) is 40.0 Å². The third-order valence-corrected chi connectivity index (χ3v) is 5.96. The second kappa shape index (κ2) is 10.3. The molecule has 0 atom stereocenters. The summed E-state index contributed by atoms with van der Waals surface area (Å²) in [6, 6.07) is 21.5. The second-order valence-electron chi connectivity index (χ2n) is 6.99. The van der Waals surface area contributed by atoms with Crippen LogP contribution in [0.15, 0.2) is 83.1 Å². The maximum absolute atomic E-state index is 12.3. The molecule has 33 heavy (non-hydrogen) atoms. The number of hydrazone groups is 1. The maximum Gasteiger partial charge on any atom is 0.278 e. The number of thioether (sulfide) groups is 1. The van der Waals surface area contributed by atoms with Gasteiger partial charge in [-0.1, -0.05) is 59.8 Å². The van der Waals surface area contributed by atoms with Gasteiger partial charge in [-0.3, -0.25) is 14.9 Å². The predicted octanol–water partition coefficient (Wildman–Crippen LogP) is 4.89. The van der Waals surface area contributed by atoms with E-state index in [4.69, 9.17) is 11.6 Å². The number of hydrogen-bond donors (Lipinski definition) is 1. The van der Waals surface area contributed by atoms with Crippen molar-refractivity contribution in [1.82, 2.24) is 15.0 Å². The quantitative estimate of drug-likeness (QED) is 0.168. The molecule has 0 fully saturated rings. The third kappa shape index (κ3) is 5.57. The van der Waals surface area contributed by atoms with Crippen molar-refractivity contribution in [3.63, 3.8) is 0 Å². The van der Waals surface area contributed by atoms with Gasteiger partial charge in [0.2, 0.25) is 0 Å². The minimum atomic E-state index is -0.496. The number of nitrogens with one attached hydrogen (secondary N) is 1. The largest absolute Gasteiger partial charge is 0.314 e. The number of imidazole rings is 1. The molecule has 0 saturated carbocycles. The van der Waals surface area contributed by atoms with Gasteiger partial charge in [0.25, 0.3) is 11.6 Å². The summed E-state index contributed by atoms with van der Waals surface area (Å²) in [6.07, 6.45) is 1.26. The first-order valence-electron chi connectivity index (χ1n) is 9.89. The van der Waals surface area contributed by atoms with Gasteiger partial charge in [-0.15, -0.1) is 0 Å². The van der Waals surface area contributed by atoms with Gasteiger partial charge in [-0.2, -0.15) is 5.10 Å². The molecule has 10 heteroatoms. The fourth-order valence-electron chi connectivity index (χ4n) is 3.19. The first kappa shape index (κ1) is 22.5. The standard InChI is InChI=1S/C23H18ClN5O3S/c24-18-11-9-16(10-12-18)14-28-21-8-4-2-6-19(21)26-23(28)33-15-22(30)27-25-13-17-5-1-3-7-20(17)29(31)32/h1-13H,14-15H2,(H,27,30)/b25-13+. The monoisotopic (exact) mass is 479 g/mol. The molecule has 1 N–H and O–H groups in total. The lowest BCUT2D eigenvalue weighted by atomic mass is 10.2. The number of benzene rings is 3. The van der Waals surface area contributed by atoms with Crippen LogP contribution in [0.5, 0.6) is 0 Å². The zero-order valence-corrected chi connectivity index (χ0v) is 18.8. The van der Waals surface area contributed by atoms with E-state index < -0.39 is 4.92 Å². The number of aromatic nitrogens is 2. The van der Waals surface area contributed by atoms with Gasteiger partial charge in [0, 0.05) is 11.1 Å². The highest BCUT2D eigenvalue weighted by Crippen LogP contribution is 2.25. The van der Waals surface area contributed by atoms with E-state index in [1.54, 1.807) is 18.2 Å². The molecular formula is C23H18ClN5O3S. The van der Waals surface area contributed by atoms with Crippen LogP contribution in [0.4, 0.5) is 5.69 Å². The second-order valence-corrected chi connectivity index (χ2v) is 8.37. The Morgan fingerprint density at radius 3 is 2.64 bits per heavy atom. The normalized spacial score (nSPS) is 11.2. The van der Waals surface area contributed by atoms with E-state index in [0.29, 0.717) is 22.3 Å². The number of halogens is 1. The van der Waals surface area contributed by atoms with Crippen molar-refractivity contribution < 1.29 is 9.72 Å². The topological polar surface area (TPSA) is 102 Å². The number of nitro benzene ring substituents is 1. The highest BCUT2D eigenvalue weighted by Gasteiger charge is 2.14. The molecular weight excluding hydrogens is 462 g/mol. The number of carbonyl (C=O) groups is 1. The predicted molar refractivity (Wildman–Crippen MR) is 130 cm³/mol. The molecule has 4 rings (SSSR count). The number of carbonyl (C=O) groups excluding carboxylic acids is 1. The van der Waals surface area contributed by atoms with Crippen LogP contribution in [0.1, 0.15) is 11.1 Å². The number of para-hydroxylation sites is 3. The van der Waals surface area contributed by atoms with E-state index in [1.807, 2.05) is 53.1 Å². The summed E-state index contributed by atoms with van der Waals surface area (Å²) < 4.78 is 2.05. The van der Waals surface area contributed by atoms with Crippen LogP contribution in [-0.2, 0) is 11.3 Å². The highest BCUT2D eigenvalue weighted by molar-refractivity contribution is 7.99. The number of rotatable bonds is 8. The molecule has 166 valence electrons. The van der Waals surface area contributed by atoms with Crippen LogP contribution >= 0.6 is 23.4 Å². The molecule has 8 nitrogen and oxygen atoms in total. The molecule has 1 aromatic heterocycles. The lowest BCUT2D eigenvalue weighted by molar-refractivity contribution is -0.385. The van der Waals surface area contributed by atoms with Crippen LogP contribution in [0.3, 0.4) is 0 Å². The Kier molecular flexibility index (Phi) is 7.01. The number of fused-ring (bicyclic) bond motifs is 1. The SMILES string of the molecule is O=C(CSc1nc2ccccc2n1Cc1ccc(Cl)cc1)N/N=C/c1ccccc1[N+](=O)[O-]. The molecule has 0 aliphatic carbocycles. The summed E-state index contributed by atoms with van der Waals surface area (Å²) in [7, 11) is 0. The average Bonchev–Trinajstić information content (AvgIpc) is 3.16. The smallest absolute Gasteiger partial charge is 0.278 e. The minimum absolute atomic E-state index is 0.0815. The summed E-state index contributed by atoms with van der Waals surface area (Å²) in [5.74, 6) is -0.266. The van der Waals surface area contributed by atoms with Crippen molar-refractivity contribution in [1.29, 1.82) is 0 Å². The first-order chi connectivity index (χ1) is 16.0. The Bertz CT molecular complexity index is 1340. The Hall–Kier alpha value is -3.69. The van der Waals surface area contributed by atoms with Crippen molar-refractivity contribution in [2.45, 2.75) is 11.7 Å². The maximum atomic E-state index is 12.3. The van der Waals surface area contributed by atoms with Crippen molar-refractivity contribution in [2.75, 3.05) is 5.75 Å². The first-order valence-corrected chi connectivity index (χ1v) is 11.3. The van der Waals surface area contributed by atoms with Crippen LogP contribution in [-0.4, -0.2) is 32.3 Å². The average molecular weight is 480 g/mol. The number of nitro groups is 1. The number of hydrogen-bond acceptors (Lipinski definition) is 6. The van der Waals surface area contributed by atoms with Gasteiger partial charge in [0.1, 0.15) is 0 Å². The van der Waals surface area contributed by atoms with Gasteiger partial charge in [-0.25, -0.2) is 10.4 Å². The summed E-state index contributed by atoms with van der Waals surface area (Å²) in [5.41, 5.74) is 5.49. The number of amides is 1. The zero-order chi connectivity index (χ0) is 23.2. The zero-order valence-electron chi connectivity index (χ0n) is 17.2. The van der Waals surface area contributed by atoms with E-state index in [9.17, 15) is 14.9 Å². The highest BCUT2D eigenvalue weighted by atomic mass is 35.5. The van der Waals surface area contributed by atoms with Crippen molar-refractivity contribution in [3.05, 3.63) is 99.1 Å². The molecule has 0 aliphatic heterocycles. The number of nitrogens with zero attached hydrogens (tertiary/aromatic N) is 4. The summed E-state index contributed by atoms with van der Waals surface area (Å²) >= 11 is 7.29. The van der Waals surface area contributed by atoms with Gasteiger partial charge in [-0.05, 0) is 35.9 Å². The molecule has 0 aliphatic rings. The molecule has 1 heterocycles. The molecule has 1 amide bonds. The lowest BCUT2D eigenvalue weighted by Gasteiger charge is -2.09. The fraction of sp³-hybridized carbons (Fsp3) is 0.0870. The third-order valence-electron chi connectivity index (χ3n) is 4.73. The van der Waals surface area contributed by atoms with E-state index in [1.165, 1.54) is 24.0 Å². The molecule has 0 radical (unpaired) electrons. The van der Waals surface area contributed by atoms with E-state index in [-0.39, 0.29) is 17.3 Å². The molecule has 0 unspecified atom stereocenters. The minimum Gasteiger partial charge on any atom is -0.314 e. The Morgan fingerprint density at radius 2 is 1.85 bits per heavy atom. The molecule has 4 aromatic rings. The van der Waals surface area contributed by atoms with E-state index in [0.717, 1.165) is 16.6 Å². The summed E-state index contributed by atoms with van der Waals surface area (Å²) in [6.45, 7) is 0.581. The van der Waals surface area contributed by atoms with Crippen molar-refractivity contribution >= 4 is 52.2 Å². The van der Waals surface area contributed by atoms with Crippen molar-refractivity contribution in [3.8, 4) is 0 Å². The summed E-state index contributed by atoms with van der Waals surface area (Å²) in [4.78, 5) is 27.6. The van der Waals surface area contributed by atoms with E-state index >= 15 is 0 Å². The Morgan fingerprint density at radius 1 is 1.12 bits per heavy atom. The van der Waals surface area contributed by atoms with Crippen LogP contribution < -0.4 is 5.43 Å². The Labute approximate surface area is 198 Å². The lowest BCUT2D eigenvalue weighted by Crippen LogP contribution is -2.20. The van der Waals surface area contributed by atoms with E-state index in [2.05, 4.69) is 15.5 Å². The van der Waals surface area contributed by atoms with Crippen LogP contribution in [0.25, 0.3) is 11.0 Å². The van der Waals surface area contributed by atoms with Crippen LogP contribution in [0, 0.1) is 10.1 Å².